The van der Waals surface area contributed by atoms with E-state index in [9.17, 15) is 4.79 Å². The molecule has 1 N–H and O–H groups in total. The summed E-state index contributed by atoms with van der Waals surface area (Å²) in [6, 6.07) is 3.94. The average molecular weight is 333 g/mol. The first-order valence-electron chi connectivity index (χ1n) is 8.65. The Hall–Kier alpha value is -1.86. The van der Waals surface area contributed by atoms with Crippen LogP contribution in [0.1, 0.15) is 12.5 Å². The number of rotatable bonds is 3. The Balaban J connectivity index is 1.60. The third kappa shape index (κ3) is 4.15. The van der Waals surface area contributed by atoms with Crippen LogP contribution in [0.25, 0.3) is 0 Å². The minimum Gasteiger partial charge on any atom is -0.375 e. The molecule has 24 heavy (non-hydrogen) atoms. The van der Waals surface area contributed by atoms with Gasteiger partial charge in [0.1, 0.15) is 5.82 Å². The van der Waals surface area contributed by atoms with Gasteiger partial charge in [0, 0.05) is 57.6 Å². The number of piperazine rings is 1. The first-order chi connectivity index (χ1) is 11.6. The fourth-order valence-electron chi connectivity index (χ4n) is 3.16. The Bertz CT molecular complexity index is 560. The van der Waals surface area contributed by atoms with Gasteiger partial charge >= 0.3 is 6.03 Å². The van der Waals surface area contributed by atoms with Crippen molar-refractivity contribution in [3.05, 3.63) is 23.9 Å². The molecule has 7 nitrogen and oxygen atoms in total. The van der Waals surface area contributed by atoms with Crippen molar-refractivity contribution in [2.75, 3.05) is 57.8 Å². The second kappa shape index (κ2) is 7.81. The second-order valence-corrected chi connectivity index (χ2v) is 6.56. The first kappa shape index (κ1) is 17.0. The number of morpholine rings is 1. The smallest absolute Gasteiger partial charge is 0.317 e. The summed E-state index contributed by atoms with van der Waals surface area (Å²) in [5, 5.41) is 3.03. The average Bonchev–Trinajstić information content (AvgIpc) is 2.61. The second-order valence-electron chi connectivity index (χ2n) is 6.56. The van der Waals surface area contributed by atoms with Crippen LogP contribution in [-0.4, -0.2) is 79.8 Å². The predicted molar refractivity (Wildman–Crippen MR) is 93.2 cm³/mol. The van der Waals surface area contributed by atoms with Crippen LogP contribution in [0.4, 0.5) is 10.6 Å². The summed E-state index contributed by atoms with van der Waals surface area (Å²) >= 11 is 0. The topological polar surface area (TPSA) is 60.9 Å². The Kier molecular flexibility index (Phi) is 5.52. The van der Waals surface area contributed by atoms with E-state index in [1.54, 1.807) is 0 Å². The number of carbonyl (C=O) groups excluding carboxylic acids is 1. The van der Waals surface area contributed by atoms with Gasteiger partial charge in [0.25, 0.3) is 0 Å². The van der Waals surface area contributed by atoms with Crippen LogP contribution in [0.2, 0.25) is 0 Å². The number of pyridine rings is 1. The molecule has 2 saturated heterocycles. The highest BCUT2D eigenvalue weighted by Gasteiger charge is 2.22. The molecule has 0 saturated carbocycles. The van der Waals surface area contributed by atoms with Gasteiger partial charge in [0.2, 0.25) is 0 Å². The molecule has 3 rings (SSSR count). The zero-order valence-corrected chi connectivity index (χ0v) is 14.6. The third-order valence-electron chi connectivity index (χ3n) is 4.63. The molecule has 7 heteroatoms. The molecule has 1 aromatic rings. The summed E-state index contributed by atoms with van der Waals surface area (Å²) in [4.78, 5) is 23.4. The van der Waals surface area contributed by atoms with E-state index in [1.807, 2.05) is 30.2 Å². The maximum atomic E-state index is 12.4. The van der Waals surface area contributed by atoms with Crippen molar-refractivity contribution in [3.8, 4) is 0 Å². The van der Waals surface area contributed by atoms with Gasteiger partial charge in [-0.15, -0.1) is 0 Å². The standard InChI is InChI=1S/C17H27N5O2/c1-14-13-22(10-11-24-14)17(23)19-12-15-4-3-5-18-16(15)21-8-6-20(2)7-9-21/h3-5,14H,6-13H2,1-2H3,(H,19,23). The van der Waals surface area contributed by atoms with E-state index in [4.69, 9.17) is 4.74 Å². The lowest BCUT2D eigenvalue weighted by Crippen LogP contribution is -2.49. The number of urea groups is 1. The summed E-state index contributed by atoms with van der Waals surface area (Å²) in [5.74, 6) is 0.987. The molecular formula is C17H27N5O2. The molecule has 2 aliphatic heterocycles. The van der Waals surface area contributed by atoms with Gasteiger partial charge in [-0.3, -0.25) is 0 Å². The molecule has 132 valence electrons. The fourth-order valence-corrected chi connectivity index (χ4v) is 3.16. The Morgan fingerprint density at radius 2 is 2.12 bits per heavy atom. The molecule has 1 atom stereocenters. The van der Waals surface area contributed by atoms with E-state index >= 15 is 0 Å². The number of anilines is 1. The third-order valence-corrected chi connectivity index (χ3v) is 4.63. The van der Waals surface area contributed by atoms with Gasteiger partial charge in [-0.2, -0.15) is 0 Å². The lowest BCUT2D eigenvalue weighted by atomic mass is 10.2. The van der Waals surface area contributed by atoms with Crippen molar-refractivity contribution in [2.45, 2.75) is 19.6 Å². The zero-order valence-electron chi connectivity index (χ0n) is 14.6. The Morgan fingerprint density at radius 3 is 2.88 bits per heavy atom. The van der Waals surface area contributed by atoms with E-state index in [0.29, 0.717) is 26.2 Å². The van der Waals surface area contributed by atoms with Crippen molar-refractivity contribution in [3.63, 3.8) is 0 Å². The van der Waals surface area contributed by atoms with Crippen molar-refractivity contribution in [2.24, 2.45) is 0 Å². The number of amides is 2. The zero-order chi connectivity index (χ0) is 16.9. The molecule has 0 aliphatic carbocycles. The van der Waals surface area contributed by atoms with Gasteiger partial charge in [-0.05, 0) is 20.0 Å². The van der Waals surface area contributed by atoms with Gasteiger partial charge in [0.05, 0.1) is 12.7 Å². The molecule has 1 aromatic heterocycles. The fraction of sp³-hybridized carbons (Fsp3) is 0.647. The highest BCUT2D eigenvalue weighted by Crippen LogP contribution is 2.18. The van der Waals surface area contributed by atoms with Crippen LogP contribution >= 0.6 is 0 Å². The molecule has 0 spiro atoms. The maximum Gasteiger partial charge on any atom is 0.317 e. The quantitative estimate of drug-likeness (QED) is 0.885. The van der Waals surface area contributed by atoms with Crippen molar-refractivity contribution in [1.82, 2.24) is 20.1 Å². The predicted octanol–water partition coefficient (Wildman–Crippen LogP) is 0.764. The highest BCUT2D eigenvalue weighted by molar-refractivity contribution is 5.74. The highest BCUT2D eigenvalue weighted by atomic mass is 16.5. The lowest BCUT2D eigenvalue weighted by molar-refractivity contribution is -0.00351. The monoisotopic (exact) mass is 333 g/mol. The van der Waals surface area contributed by atoms with Crippen LogP contribution in [-0.2, 0) is 11.3 Å². The normalized spacial score (nSPS) is 22.5. The van der Waals surface area contributed by atoms with Crippen LogP contribution < -0.4 is 10.2 Å². The van der Waals surface area contributed by atoms with Gasteiger partial charge < -0.3 is 24.8 Å². The Morgan fingerprint density at radius 1 is 1.33 bits per heavy atom. The minimum absolute atomic E-state index is 0.0293. The molecule has 0 bridgehead atoms. The van der Waals surface area contributed by atoms with Crippen molar-refractivity contribution in [1.29, 1.82) is 0 Å². The van der Waals surface area contributed by atoms with E-state index < -0.39 is 0 Å². The van der Waals surface area contributed by atoms with Gasteiger partial charge in [-0.25, -0.2) is 9.78 Å². The van der Waals surface area contributed by atoms with Crippen molar-refractivity contribution < 1.29 is 9.53 Å². The number of carbonyl (C=O) groups is 1. The molecule has 1 unspecified atom stereocenters. The van der Waals surface area contributed by atoms with Crippen LogP contribution in [0.3, 0.4) is 0 Å². The summed E-state index contributed by atoms with van der Waals surface area (Å²) < 4.78 is 5.49. The summed E-state index contributed by atoms with van der Waals surface area (Å²) in [5.41, 5.74) is 1.07. The maximum absolute atomic E-state index is 12.4. The van der Waals surface area contributed by atoms with E-state index in [1.165, 1.54) is 0 Å². The molecule has 0 radical (unpaired) electrons. The molecule has 0 aromatic carbocycles. The number of nitrogens with zero attached hydrogens (tertiary/aromatic N) is 4. The summed E-state index contributed by atoms with van der Waals surface area (Å²) in [7, 11) is 2.14. The number of ether oxygens (including phenoxy) is 1. The molecule has 2 fully saturated rings. The van der Waals surface area contributed by atoms with Crippen molar-refractivity contribution >= 4 is 11.8 Å². The van der Waals surface area contributed by atoms with Gasteiger partial charge in [0.15, 0.2) is 0 Å². The summed E-state index contributed by atoms with van der Waals surface area (Å²) in [6.45, 7) is 8.39. The first-order valence-corrected chi connectivity index (χ1v) is 8.65. The van der Waals surface area contributed by atoms with Gasteiger partial charge in [-0.1, -0.05) is 6.07 Å². The number of aromatic nitrogens is 1. The number of likely N-dealkylation sites (N-methyl/N-ethyl adjacent to an activating group) is 1. The summed E-state index contributed by atoms with van der Waals surface area (Å²) in [6.07, 6.45) is 1.92. The van der Waals surface area contributed by atoms with E-state index in [-0.39, 0.29) is 12.1 Å². The molecule has 3 heterocycles. The number of hydrogen-bond acceptors (Lipinski definition) is 5. The van der Waals surface area contributed by atoms with E-state index in [2.05, 4.69) is 27.1 Å². The Labute approximate surface area is 143 Å². The molecular weight excluding hydrogens is 306 g/mol. The number of hydrogen-bond donors (Lipinski definition) is 1. The SMILES string of the molecule is CC1CN(C(=O)NCc2cccnc2N2CCN(C)CC2)CCO1. The minimum atomic E-state index is -0.0293. The van der Waals surface area contributed by atoms with E-state index in [0.717, 1.165) is 37.6 Å². The number of nitrogens with one attached hydrogen (secondary N) is 1. The lowest BCUT2D eigenvalue weighted by Gasteiger charge is -2.34. The van der Waals surface area contributed by atoms with Crippen LogP contribution in [0, 0.1) is 0 Å². The van der Waals surface area contributed by atoms with Crippen LogP contribution in [0.5, 0.6) is 0 Å². The molecule has 2 amide bonds. The largest absolute Gasteiger partial charge is 0.375 e. The molecule has 2 aliphatic rings. The van der Waals surface area contributed by atoms with Crippen LogP contribution in [0.15, 0.2) is 18.3 Å².